The Morgan fingerprint density at radius 2 is 1.67 bits per heavy atom. The third-order valence-electron chi connectivity index (χ3n) is 12.3. The van der Waals surface area contributed by atoms with Crippen LogP contribution < -0.4 is 0 Å². The van der Waals surface area contributed by atoms with E-state index in [2.05, 4.69) is 0 Å². The number of carbonyl (C=O) groups excluding carboxylic acids is 4. The molecule has 0 saturated heterocycles. The molecule has 0 heterocycles. The average molecular weight is 621 g/mol. The van der Waals surface area contributed by atoms with Crippen molar-refractivity contribution in [3.8, 4) is 5.75 Å². The summed E-state index contributed by atoms with van der Waals surface area (Å²) in [4.78, 5) is 55.1. The molecule has 8 nitrogen and oxygen atoms in total. The van der Waals surface area contributed by atoms with Crippen molar-refractivity contribution < 1.29 is 39.6 Å². The van der Waals surface area contributed by atoms with Gasteiger partial charge >= 0.3 is 0 Å². The van der Waals surface area contributed by atoms with Gasteiger partial charge in [0.1, 0.15) is 28.6 Å². The summed E-state index contributed by atoms with van der Waals surface area (Å²) in [6, 6.07) is 3.34. The SMILES string of the molecule is CCC(=O)C[C@@H]1[C@]2(C)C(=C(O)[C@@]3(O)C(=O)C(C(C)=O)=C(O)C(C(C)C)[C@@]13C)C(=O)c1c(O)ccc(CCC3CCCC3)c1[C@H]2C. The van der Waals surface area contributed by atoms with Gasteiger partial charge < -0.3 is 20.4 Å². The molecule has 244 valence electrons. The second-order valence-electron chi connectivity index (χ2n) is 14.8. The van der Waals surface area contributed by atoms with E-state index in [4.69, 9.17) is 0 Å². The van der Waals surface area contributed by atoms with E-state index in [-0.39, 0.29) is 35.5 Å². The zero-order valence-corrected chi connectivity index (χ0v) is 27.6. The molecular weight excluding hydrogens is 572 g/mol. The lowest BCUT2D eigenvalue weighted by molar-refractivity contribution is -0.193. The second kappa shape index (κ2) is 11.2. The van der Waals surface area contributed by atoms with Gasteiger partial charge in [-0.2, -0.15) is 0 Å². The number of ketones is 4. The van der Waals surface area contributed by atoms with E-state index in [9.17, 15) is 39.6 Å². The standard InChI is InChI=1S/C37H48O8/c1-8-23(39)17-25-35(6)19(4)26-22(14-13-21-11-9-10-12-21)15-16-24(40)28(26)32(42)30(35)34(44)37(45)33(43)27(20(5)38)31(41)29(18(2)3)36(25,37)7/h15-16,18-19,21,25,29,40-41,44-45H,8-14,17H2,1-7H3/t19-,25-,29?,35-,36-,37+/m1/s1. The van der Waals surface area contributed by atoms with Crippen LogP contribution in [0.1, 0.15) is 121 Å². The molecule has 4 N–H and O–H groups in total. The average Bonchev–Trinajstić information content (AvgIpc) is 3.49. The maximum Gasteiger partial charge on any atom is 0.209 e. The molecule has 0 radical (unpaired) electrons. The molecule has 4 aliphatic carbocycles. The van der Waals surface area contributed by atoms with Crippen LogP contribution in [-0.2, 0) is 20.8 Å². The highest BCUT2D eigenvalue weighted by Gasteiger charge is 2.75. The van der Waals surface area contributed by atoms with E-state index < -0.39 is 74.5 Å². The van der Waals surface area contributed by atoms with Gasteiger partial charge in [-0.05, 0) is 60.6 Å². The summed E-state index contributed by atoms with van der Waals surface area (Å²) in [5.74, 6) is -6.73. The van der Waals surface area contributed by atoms with Crippen LogP contribution in [-0.4, -0.2) is 49.2 Å². The van der Waals surface area contributed by atoms with Crippen molar-refractivity contribution in [1.29, 1.82) is 0 Å². The Morgan fingerprint density at radius 3 is 2.22 bits per heavy atom. The Kier molecular flexibility index (Phi) is 8.25. The molecule has 1 saturated carbocycles. The van der Waals surface area contributed by atoms with Crippen LogP contribution in [0.4, 0.5) is 0 Å². The van der Waals surface area contributed by atoms with Crippen molar-refractivity contribution in [2.75, 3.05) is 0 Å². The third kappa shape index (κ3) is 4.34. The minimum absolute atomic E-state index is 0.0343. The van der Waals surface area contributed by atoms with Crippen molar-refractivity contribution >= 4 is 23.1 Å². The number of Topliss-reactive ketones (excluding diaryl/α,β-unsaturated/α-hetero) is 4. The molecule has 4 aliphatic rings. The van der Waals surface area contributed by atoms with Crippen LogP contribution >= 0.6 is 0 Å². The number of phenolic OH excluding ortho intramolecular Hbond substituents is 1. The fraction of sp³-hybridized carbons (Fsp3) is 0.622. The van der Waals surface area contributed by atoms with E-state index in [1.165, 1.54) is 18.9 Å². The Hall–Kier alpha value is -3.26. The van der Waals surface area contributed by atoms with Crippen LogP contribution in [0, 0.1) is 34.5 Å². The monoisotopic (exact) mass is 620 g/mol. The van der Waals surface area contributed by atoms with Crippen molar-refractivity contribution in [3.05, 3.63) is 51.5 Å². The van der Waals surface area contributed by atoms with Gasteiger partial charge in [-0.15, -0.1) is 0 Å². The van der Waals surface area contributed by atoms with Gasteiger partial charge in [-0.1, -0.05) is 73.3 Å². The molecule has 0 amide bonds. The number of rotatable bonds is 8. The lowest BCUT2D eigenvalue weighted by Crippen LogP contribution is -2.71. The van der Waals surface area contributed by atoms with Crippen molar-refractivity contribution in [2.45, 2.75) is 111 Å². The maximum absolute atomic E-state index is 14.7. The molecule has 45 heavy (non-hydrogen) atoms. The molecule has 1 aromatic rings. The minimum atomic E-state index is -2.79. The van der Waals surface area contributed by atoms with Crippen LogP contribution in [0.3, 0.4) is 0 Å². The first-order chi connectivity index (χ1) is 21.0. The number of allylic oxidation sites excluding steroid dienone is 2. The molecule has 0 bridgehead atoms. The van der Waals surface area contributed by atoms with Gasteiger partial charge in [0, 0.05) is 35.2 Å². The number of hydrogen-bond acceptors (Lipinski definition) is 8. The summed E-state index contributed by atoms with van der Waals surface area (Å²) >= 11 is 0. The first-order valence-electron chi connectivity index (χ1n) is 16.6. The Bertz CT molecular complexity index is 1540. The number of carbonyl (C=O) groups is 4. The summed E-state index contributed by atoms with van der Waals surface area (Å²) in [6.45, 7) is 11.7. The van der Waals surface area contributed by atoms with Crippen molar-refractivity contribution in [1.82, 2.24) is 0 Å². The molecule has 0 aliphatic heterocycles. The van der Waals surface area contributed by atoms with Crippen molar-refractivity contribution in [3.63, 3.8) is 0 Å². The summed E-state index contributed by atoms with van der Waals surface area (Å²) < 4.78 is 0. The molecule has 5 rings (SSSR count). The van der Waals surface area contributed by atoms with E-state index in [0.29, 0.717) is 17.9 Å². The van der Waals surface area contributed by atoms with Crippen LogP contribution in [0.25, 0.3) is 0 Å². The van der Waals surface area contributed by atoms with E-state index in [0.717, 1.165) is 31.7 Å². The van der Waals surface area contributed by atoms with E-state index in [1.54, 1.807) is 34.6 Å². The topological polar surface area (TPSA) is 149 Å². The number of hydrogen-bond donors (Lipinski definition) is 4. The molecule has 0 aromatic heterocycles. The largest absolute Gasteiger partial charge is 0.511 e. The lowest BCUT2D eigenvalue weighted by atomic mass is 9.38. The first-order valence-corrected chi connectivity index (χ1v) is 16.6. The summed E-state index contributed by atoms with van der Waals surface area (Å²) in [6.07, 6.45) is 6.40. The zero-order chi connectivity index (χ0) is 33.4. The molecule has 1 fully saturated rings. The number of fused-ring (bicyclic) bond motifs is 3. The maximum atomic E-state index is 14.7. The summed E-state index contributed by atoms with van der Waals surface area (Å²) in [7, 11) is 0. The van der Waals surface area contributed by atoms with Gasteiger partial charge in [-0.25, -0.2) is 0 Å². The van der Waals surface area contributed by atoms with Gasteiger partial charge in [0.2, 0.25) is 5.78 Å². The molecule has 0 spiro atoms. The Morgan fingerprint density at radius 1 is 1.04 bits per heavy atom. The minimum Gasteiger partial charge on any atom is -0.511 e. The normalized spacial score (nSPS) is 33.4. The van der Waals surface area contributed by atoms with Gasteiger partial charge in [-0.3, -0.25) is 19.2 Å². The number of aliphatic hydroxyl groups excluding tert-OH is 2. The van der Waals surface area contributed by atoms with Crippen LogP contribution in [0.5, 0.6) is 5.75 Å². The number of aromatic hydroxyl groups is 1. The van der Waals surface area contributed by atoms with Crippen molar-refractivity contribution in [2.24, 2.45) is 34.5 Å². The molecule has 8 heteroatoms. The smallest absolute Gasteiger partial charge is 0.209 e. The number of benzene rings is 1. The first kappa shape index (κ1) is 33.1. The highest BCUT2D eigenvalue weighted by molar-refractivity contribution is 6.25. The number of phenols is 1. The van der Waals surface area contributed by atoms with Crippen LogP contribution in [0.15, 0.2) is 34.8 Å². The summed E-state index contributed by atoms with van der Waals surface area (Å²) in [5, 5.41) is 47.6. The highest BCUT2D eigenvalue weighted by Crippen LogP contribution is 2.71. The van der Waals surface area contributed by atoms with E-state index >= 15 is 0 Å². The van der Waals surface area contributed by atoms with Gasteiger partial charge in [0.15, 0.2) is 17.2 Å². The fourth-order valence-electron chi connectivity index (χ4n) is 9.97. The zero-order valence-electron chi connectivity index (χ0n) is 27.6. The number of aliphatic hydroxyl groups is 3. The quantitative estimate of drug-likeness (QED) is 0.237. The van der Waals surface area contributed by atoms with Gasteiger partial charge in [0.25, 0.3) is 0 Å². The Labute approximate surface area is 265 Å². The molecule has 1 aromatic carbocycles. The van der Waals surface area contributed by atoms with Crippen LogP contribution in [0.2, 0.25) is 0 Å². The fourth-order valence-corrected chi connectivity index (χ4v) is 9.97. The lowest BCUT2D eigenvalue weighted by Gasteiger charge is -2.65. The predicted molar refractivity (Wildman–Crippen MR) is 169 cm³/mol. The molecular formula is C37H48O8. The number of aryl methyl sites for hydroxylation is 1. The second-order valence-corrected chi connectivity index (χ2v) is 14.8. The van der Waals surface area contributed by atoms with E-state index in [1.807, 2.05) is 13.0 Å². The highest BCUT2D eigenvalue weighted by atomic mass is 16.4. The molecule has 1 unspecified atom stereocenters. The molecule has 6 atom stereocenters. The summed E-state index contributed by atoms with van der Waals surface area (Å²) in [5.41, 5.74) is -4.99. The predicted octanol–water partition coefficient (Wildman–Crippen LogP) is 6.63. The Balaban J connectivity index is 1.85. The third-order valence-corrected chi connectivity index (χ3v) is 12.3. The van der Waals surface area contributed by atoms with Gasteiger partial charge in [0.05, 0.1) is 5.56 Å².